The minimum atomic E-state index is -1.82. The number of carboxylic acid groups (broad SMARTS) is 2. The van der Waals surface area contributed by atoms with Crippen molar-refractivity contribution < 1.29 is 39.4 Å². The number of aliphatic hydroxyl groups excluding tert-OH is 1. The van der Waals surface area contributed by atoms with Crippen LogP contribution in [0.2, 0.25) is 0 Å². The number of aromatic nitrogens is 2. The lowest BCUT2D eigenvalue weighted by molar-refractivity contribution is -0.385. The van der Waals surface area contributed by atoms with E-state index in [1.807, 2.05) is 4.90 Å². The summed E-state index contributed by atoms with van der Waals surface area (Å²) in [7, 11) is 2.98. The van der Waals surface area contributed by atoms with Gasteiger partial charge in [0.25, 0.3) is 5.56 Å². The van der Waals surface area contributed by atoms with E-state index in [-0.39, 0.29) is 36.0 Å². The predicted molar refractivity (Wildman–Crippen MR) is 157 cm³/mol. The Bertz CT molecular complexity index is 1570. The number of aliphatic hydroxyl groups is 1. The standard InChI is InChI=1S/C26H31N5O7.C2H2O4/c1-28-23(18-24(33)29(2)26(28)35)27-11-13-30(14-15-32)12-6-16-38-22-10-9-20(17-21(22)31(36)37)25(34)19-7-4-3-5-8-19;3-1(4)2(5)6/h3-5,7-10,17-18,27,32H,6,11-16H2,1-2H3;(H,3,4)(H,5,6). The van der Waals surface area contributed by atoms with E-state index in [2.05, 4.69) is 5.32 Å². The second kappa shape index (κ2) is 16.9. The third kappa shape index (κ3) is 10.2. The van der Waals surface area contributed by atoms with Gasteiger partial charge in [0.05, 0.1) is 18.1 Å². The lowest BCUT2D eigenvalue weighted by atomic mass is 10.0. The lowest BCUT2D eigenvalue weighted by Gasteiger charge is -2.22. The number of nitro groups is 1. The molecule has 236 valence electrons. The van der Waals surface area contributed by atoms with Gasteiger partial charge < -0.3 is 25.4 Å². The first-order valence-electron chi connectivity index (χ1n) is 13.2. The Morgan fingerprint density at radius 1 is 0.932 bits per heavy atom. The first-order valence-corrected chi connectivity index (χ1v) is 13.2. The Morgan fingerprint density at radius 2 is 1.59 bits per heavy atom. The van der Waals surface area contributed by atoms with Crippen LogP contribution in [0.3, 0.4) is 0 Å². The number of carbonyl (C=O) groups is 3. The molecule has 1 aromatic heterocycles. The number of nitrogens with zero attached hydrogens (tertiary/aromatic N) is 4. The molecule has 44 heavy (non-hydrogen) atoms. The van der Waals surface area contributed by atoms with Crippen molar-refractivity contribution in [3.8, 4) is 5.75 Å². The molecule has 0 aliphatic carbocycles. The smallest absolute Gasteiger partial charge is 0.414 e. The van der Waals surface area contributed by atoms with Crippen LogP contribution in [-0.4, -0.2) is 91.4 Å². The summed E-state index contributed by atoms with van der Waals surface area (Å²) < 4.78 is 8.02. The number of nitrogens with one attached hydrogen (secondary N) is 1. The molecule has 3 rings (SSSR count). The fraction of sp³-hybridized carbons (Fsp3) is 0.321. The summed E-state index contributed by atoms with van der Waals surface area (Å²) in [6.45, 7) is 1.99. The van der Waals surface area contributed by atoms with Crippen LogP contribution in [-0.2, 0) is 23.7 Å². The van der Waals surface area contributed by atoms with Gasteiger partial charge in [-0.1, -0.05) is 30.3 Å². The van der Waals surface area contributed by atoms with Crippen molar-refractivity contribution in [1.82, 2.24) is 14.0 Å². The largest absolute Gasteiger partial charge is 0.487 e. The molecule has 0 fully saturated rings. The van der Waals surface area contributed by atoms with Crippen LogP contribution in [0.4, 0.5) is 11.5 Å². The summed E-state index contributed by atoms with van der Waals surface area (Å²) in [4.78, 5) is 67.8. The average Bonchev–Trinajstić information content (AvgIpc) is 3.00. The summed E-state index contributed by atoms with van der Waals surface area (Å²) in [6.07, 6.45) is 0.520. The molecule has 16 heteroatoms. The molecular weight excluding hydrogens is 582 g/mol. The third-order valence-corrected chi connectivity index (χ3v) is 6.19. The minimum absolute atomic E-state index is 0.0619. The summed E-state index contributed by atoms with van der Waals surface area (Å²) in [5.41, 5.74) is -0.498. The zero-order valence-corrected chi connectivity index (χ0v) is 24.0. The Hall–Kier alpha value is -5.35. The van der Waals surface area contributed by atoms with E-state index in [1.165, 1.54) is 35.9 Å². The van der Waals surface area contributed by atoms with Gasteiger partial charge in [-0.25, -0.2) is 14.4 Å². The SMILES string of the molecule is Cn1c(NCCN(CCO)CCCOc2ccc(C(=O)c3ccccc3)cc2[N+](=O)[O-])cc(=O)n(C)c1=O.O=C(O)C(=O)O. The maximum atomic E-state index is 12.6. The second-order valence-corrected chi connectivity index (χ2v) is 9.21. The van der Waals surface area contributed by atoms with Crippen molar-refractivity contribution in [3.63, 3.8) is 0 Å². The molecular formula is C28H33N5O11. The van der Waals surface area contributed by atoms with Crippen LogP contribution in [0.1, 0.15) is 22.3 Å². The normalized spacial score (nSPS) is 10.5. The monoisotopic (exact) mass is 615 g/mol. The van der Waals surface area contributed by atoms with Crippen molar-refractivity contribution in [2.24, 2.45) is 14.1 Å². The van der Waals surface area contributed by atoms with Gasteiger partial charge in [-0.05, 0) is 18.6 Å². The number of ketones is 1. The molecule has 0 aliphatic rings. The number of nitro benzene ring substituents is 1. The van der Waals surface area contributed by atoms with E-state index in [9.17, 15) is 29.6 Å². The summed E-state index contributed by atoms with van der Waals surface area (Å²) in [5.74, 6) is -3.50. The van der Waals surface area contributed by atoms with E-state index in [0.717, 1.165) is 4.57 Å². The molecule has 0 saturated carbocycles. The van der Waals surface area contributed by atoms with Gasteiger partial charge in [0.2, 0.25) is 0 Å². The number of hydrogen-bond acceptors (Lipinski definition) is 11. The van der Waals surface area contributed by atoms with Crippen LogP contribution >= 0.6 is 0 Å². The van der Waals surface area contributed by atoms with Crippen LogP contribution in [0.5, 0.6) is 5.75 Å². The molecule has 0 unspecified atom stereocenters. The fourth-order valence-corrected chi connectivity index (χ4v) is 3.87. The maximum Gasteiger partial charge on any atom is 0.414 e. The Labute approximate surface area is 250 Å². The minimum Gasteiger partial charge on any atom is -0.487 e. The Balaban J connectivity index is 0.00000102. The van der Waals surface area contributed by atoms with E-state index >= 15 is 0 Å². The molecule has 4 N–H and O–H groups in total. The van der Waals surface area contributed by atoms with Crippen LogP contribution < -0.4 is 21.3 Å². The summed E-state index contributed by atoms with van der Waals surface area (Å²) >= 11 is 0. The molecule has 1 heterocycles. The number of hydrogen-bond donors (Lipinski definition) is 4. The number of ether oxygens (including phenoxy) is 1. The number of carbonyl (C=O) groups excluding carboxylic acids is 1. The fourth-order valence-electron chi connectivity index (χ4n) is 3.87. The van der Waals surface area contributed by atoms with Gasteiger partial charge in [-0.2, -0.15) is 0 Å². The average molecular weight is 616 g/mol. The highest BCUT2D eigenvalue weighted by molar-refractivity contribution is 6.27. The summed E-state index contributed by atoms with van der Waals surface area (Å²) in [6, 6.07) is 14.0. The first-order chi connectivity index (χ1) is 20.9. The van der Waals surface area contributed by atoms with E-state index in [0.29, 0.717) is 44.0 Å². The molecule has 0 aliphatic heterocycles. The molecule has 16 nitrogen and oxygen atoms in total. The molecule has 0 spiro atoms. The number of carboxylic acids is 2. The molecule has 0 bridgehead atoms. The van der Waals surface area contributed by atoms with Gasteiger partial charge in [0, 0.05) is 63.5 Å². The molecule has 3 aromatic rings. The predicted octanol–water partition coefficient (Wildman–Crippen LogP) is 0.554. The Kier molecular flexibility index (Phi) is 13.4. The highest BCUT2D eigenvalue weighted by Crippen LogP contribution is 2.29. The Morgan fingerprint density at radius 3 is 2.18 bits per heavy atom. The van der Waals surface area contributed by atoms with E-state index in [1.54, 1.807) is 37.4 Å². The van der Waals surface area contributed by atoms with Crippen molar-refractivity contribution in [1.29, 1.82) is 0 Å². The number of anilines is 1. The van der Waals surface area contributed by atoms with Gasteiger partial charge in [-0.3, -0.25) is 33.7 Å². The van der Waals surface area contributed by atoms with Gasteiger partial charge in [0.1, 0.15) is 5.82 Å². The quantitative estimate of drug-likeness (QED) is 0.0640. The number of benzene rings is 2. The molecule has 2 aromatic carbocycles. The number of aliphatic carboxylic acids is 2. The highest BCUT2D eigenvalue weighted by atomic mass is 16.6. The first kappa shape index (κ1) is 34.8. The topological polar surface area (TPSA) is 224 Å². The van der Waals surface area contributed by atoms with Crippen LogP contribution in [0.25, 0.3) is 0 Å². The van der Waals surface area contributed by atoms with Crippen molar-refractivity contribution >= 4 is 29.2 Å². The van der Waals surface area contributed by atoms with Crippen molar-refractivity contribution in [3.05, 3.63) is 96.7 Å². The van der Waals surface area contributed by atoms with Gasteiger partial charge in [-0.15, -0.1) is 0 Å². The summed E-state index contributed by atoms with van der Waals surface area (Å²) in [5, 5.41) is 38.9. The third-order valence-electron chi connectivity index (χ3n) is 6.19. The van der Waals surface area contributed by atoms with Gasteiger partial charge >= 0.3 is 23.3 Å². The zero-order valence-electron chi connectivity index (χ0n) is 24.0. The molecule has 0 radical (unpaired) electrons. The zero-order chi connectivity index (χ0) is 32.8. The molecule has 0 atom stereocenters. The second-order valence-electron chi connectivity index (χ2n) is 9.21. The molecule has 0 saturated heterocycles. The highest BCUT2D eigenvalue weighted by Gasteiger charge is 2.20. The van der Waals surface area contributed by atoms with Crippen molar-refractivity contribution in [2.45, 2.75) is 6.42 Å². The van der Waals surface area contributed by atoms with Crippen LogP contribution in [0.15, 0.2) is 64.2 Å². The van der Waals surface area contributed by atoms with Crippen LogP contribution in [0, 0.1) is 10.1 Å². The number of rotatable bonds is 14. The van der Waals surface area contributed by atoms with Gasteiger partial charge in [0.15, 0.2) is 11.5 Å². The van der Waals surface area contributed by atoms with E-state index in [4.69, 9.17) is 24.5 Å². The lowest BCUT2D eigenvalue weighted by Crippen LogP contribution is -2.38. The van der Waals surface area contributed by atoms with E-state index < -0.39 is 28.1 Å². The maximum absolute atomic E-state index is 12.6. The van der Waals surface area contributed by atoms with Crippen molar-refractivity contribution in [2.75, 3.05) is 44.7 Å². The molecule has 0 amide bonds.